The van der Waals surface area contributed by atoms with Crippen LogP contribution in [0.1, 0.15) is 39.6 Å². The predicted octanol–water partition coefficient (Wildman–Crippen LogP) is -0.480. The number of amides is 1. The zero-order valence-electron chi connectivity index (χ0n) is 39.0. The summed E-state index contributed by atoms with van der Waals surface area (Å²) in [5, 5.41) is 2.28. The third kappa shape index (κ3) is 12.7. The molecule has 70 heavy (non-hydrogen) atoms. The Morgan fingerprint density at radius 1 is 0.786 bits per heavy atom. The number of hydrogen-bond donors (Lipinski definition) is 8. The number of carbonyl (C=O) groups is 1. The second-order valence-electron chi connectivity index (χ2n) is 17.8. The molecule has 0 spiro atoms. The van der Waals surface area contributed by atoms with Crippen LogP contribution in [0, 0.1) is 0 Å². The van der Waals surface area contributed by atoms with Crippen molar-refractivity contribution in [3.05, 3.63) is 33.4 Å². The molecule has 390 valence electrons. The van der Waals surface area contributed by atoms with Gasteiger partial charge in [-0.1, -0.05) is 20.8 Å². The molecule has 11 N–H and O–H groups in total. The first-order valence-electron chi connectivity index (χ1n) is 22.1. The van der Waals surface area contributed by atoms with E-state index in [0.29, 0.717) is 39.6 Å². The van der Waals surface area contributed by atoms with Gasteiger partial charge in [0.1, 0.15) is 36.6 Å². The highest BCUT2D eigenvalue weighted by atomic mass is 31.2. The van der Waals surface area contributed by atoms with E-state index in [1.54, 1.807) is 0 Å². The molecule has 0 saturated carbocycles. The summed E-state index contributed by atoms with van der Waals surface area (Å²) in [6, 6.07) is -1.45. The number of H-pyrrole nitrogens is 2. The van der Waals surface area contributed by atoms with Gasteiger partial charge in [0.25, 0.3) is 11.1 Å². The molecule has 33 heteroatoms. The normalized spacial score (nSPS) is 28.9. The van der Waals surface area contributed by atoms with E-state index in [-0.39, 0.29) is 60.5 Å². The van der Waals surface area contributed by atoms with Gasteiger partial charge >= 0.3 is 15.6 Å². The summed E-state index contributed by atoms with van der Waals surface area (Å²) >= 11 is 0. The minimum atomic E-state index is -5.26. The number of phosphoric acid groups is 2. The summed E-state index contributed by atoms with van der Waals surface area (Å²) in [6.07, 6.45) is -8.20. The second kappa shape index (κ2) is 22.3. The number of nitrogens with zero attached hydrogens (tertiary/aromatic N) is 6. The highest BCUT2D eigenvalue weighted by Crippen LogP contribution is 2.55. The Bertz CT molecular complexity index is 2660. The first kappa shape index (κ1) is 53.7. The van der Waals surface area contributed by atoms with Crippen molar-refractivity contribution in [2.24, 2.45) is 5.73 Å². The van der Waals surface area contributed by atoms with Gasteiger partial charge in [-0.15, -0.1) is 0 Å². The molecule has 0 radical (unpaired) electrons. The summed E-state index contributed by atoms with van der Waals surface area (Å²) in [5.74, 6) is -1.20. The maximum atomic E-state index is 14.1. The SMILES string of the molecule is CC(C)(C)[Si](C)(C)OC1C2OP(=O)(O)OC[C@H]3O[C@@H](n4cnc5c(=O)[nH]c(N)nc54)C(NC(=O)CCOCCOCCOCCOCCN)C3OP(=O)(O)OC[C@H]2O[C@H]1n1cnc2c(=O)[nH]c(N)nc21. The fourth-order valence-electron chi connectivity index (χ4n) is 7.46. The van der Waals surface area contributed by atoms with Crippen LogP contribution in [0.25, 0.3) is 22.3 Å². The summed E-state index contributed by atoms with van der Waals surface area (Å²) in [6.45, 7) is 10.5. The van der Waals surface area contributed by atoms with Gasteiger partial charge < -0.3 is 65.2 Å². The van der Waals surface area contributed by atoms with Crippen molar-refractivity contribution in [3.8, 4) is 0 Å². The first-order valence-corrected chi connectivity index (χ1v) is 28.0. The van der Waals surface area contributed by atoms with E-state index in [4.69, 9.17) is 68.1 Å². The number of anilines is 2. The molecule has 0 bridgehead atoms. The molecule has 10 atom stereocenters. The van der Waals surface area contributed by atoms with Crippen molar-refractivity contribution < 1.29 is 74.7 Å². The van der Waals surface area contributed by atoms with Crippen LogP contribution in [0.4, 0.5) is 11.9 Å². The van der Waals surface area contributed by atoms with E-state index in [9.17, 15) is 33.3 Å². The molecule has 7 heterocycles. The van der Waals surface area contributed by atoms with Gasteiger partial charge in [0.15, 0.2) is 43.1 Å². The number of ether oxygens (including phenoxy) is 6. The van der Waals surface area contributed by atoms with Crippen molar-refractivity contribution in [1.29, 1.82) is 0 Å². The lowest BCUT2D eigenvalue weighted by Gasteiger charge is -2.40. The average Bonchev–Trinajstić information content (AvgIpc) is 4.04. The van der Waals surface area contributed by atoms with Crippen molar-refractivity contribution in [2.45, 2.75) is 94.3 Å². The average molecular weight is 1050 g/mol. The zero-order chi connectivity index (χ0) is 50.6. The fourth-order valence-corrected chi connectivity index (χ4v) is 10.7. The van der Waals surface area contributed by atoms with Gasteiger partial charge in [-0.05, 0) is 18.1 Å². The molecule has 3 fully saturated rings. The summed E-state index contributed by atoms with van der Waals surface area (Å²) in [5.41, 5.74) is 15.3. The van der Waals surface area contributed by atoms with Gasteiger partial charge in [-0.3, -0.25) is 51.6 Å². The Morgan fingerprint density at radius 2 is 1.24 bits per heavy atom. The number of nitrogen functional groups attached to an aromatic ring is 2. The van der Waals surface area contributed by atoms with Crippen molar-refractivity contribution >= 4 is 64.1 Å². The number of fused-ring (bicyclic) bond motifs is 4. The molecule has 3 aliphatic rings. The van der Waals surface area contributed by atoms with Gasteiger partial charge in [-0.25, -0.2) is 19.1 Å². The van der Waals surface area contributed by atoms with Gasteiger partial charge in [0.05, 0.1) is 78.7 Å². The summed E-state index contributed by atoms with van der Waals surface area (Å²) < 4.78 is 94.8. The molecule has 1 amide bonds. The minimum absolute atomic E-state index is 0.0346. The van der Waals surface area contributed by atoms with Crippen LogP contribution in [0.2, 0.25) is 18.1 Å². The van der Waals surface area contributed by atoms with E-state index in [0.717, 1.165) is 6.33 Å². The molecule has 4 aromatic heterocycles. The maximum absolute atomic E-state index is 14.1. The van der Waals surface area contributed by atoms with Crippen LogP contribution in [-0.4, -0.2) is 172 Å². The van der Waals surface area contributed by atoms with Crippen LogP contribution in [0.15, 0.2) is 22.2 Å². The van der Waals surface area contributed by atoms with E-state index in [1.165, 1.54) is 15.5 Å². The van der Waals surface area contributed by atoms with Crippen LogP contribution < -0.4 is 33.6 Å². The van der Waals surface area contributed by atoms with E-state index >= 15 is 0 Å². The number of rotatable bonds is 19. The predicted molar refractivity (Wildman–Crippen MR) is 245 cm³/mol. The molecule has 0 aliphatic carbocycles. The molecule has 4 aromatic rings. The molecule has 7 rings (SSSR count). The molecular weight excluding hydrogens is 991 g/mol. The molecule has 0 aromatic carbocycles. The Labute approximate surface area is 399 Å². The lowest BCUT2D eigenvalue weighted by Crippen LogP contribution is -2.49. The third-order valence-corrected chi connectivity index (χ3v) is 18.3. The van der Waals surface area contributed by atoms with Gasteiger partial charge in [0.2, 0.25) is 17.8 Å². The number of phosphoric ester groups is 2. The summed E-state index contributed by atoms with van der Waals surface area (Å²) in [7, 11) is -13.4. The number of carbonyl (C=O) groups excluding carboxylic acids is 1. The van der Waals surface area contributed by atoms with E-state index < -0.39 is 108 Å². The van der Waals surface area contributed by atoms with Gasteiger partial charge in [0, 0.05) is 13.0 Å². The quantitative estimate of drug-likeness (QED) is 0.0334. The third-order valence-electron chi connectivity index (χ3n) is 11.8. The maximum Gasteiger partial charge on any atom is 0.472 e. The number of nitrogens with one attached hydrogen (secondary N) is 3. The first-order chi connectivity index (χ1) is 33.1. The van der Waals surface area contributed by atoms with Crippen LogP contribution in [-0.2, 0) is 64.9 Å². The highest BCUT2D eigenvalue weighted by Gasteiger charge is 2.57. The van der Waals surface area contributed by atoms with E-state index in [2.05, 4.69) is 35.2 Å². The van der Waals surface area contributed by atoms with Crippen LogP contribution in [0.3, 0.4) is 0 Å². The number of nitrogens with two attached hydrogens (primary N) is 3. The lowest BCUT2D eigenvalue weighted by molar-refractivity contribution is -0.124. The zero-order valence-corrected chi connectivity index (χ0v) is 41.8. The van der Waals surface area contributed by atoms with E-state index in [1.807, 2.05) is 33.9 Å². The van der Waals surface area contributed by atoms with Crippen molar-refractivity contribution in [3.63, 3.8) is 0 Å². The smallest absolute Gasteiger partial charge is 0.407 e. The number of imidazole rings is 2. The Balaban J connectivity index is 1.12. The lowest BCUT2D eigenvalue weighted by atomic mass is 10.1. The monoisotopic (exact) mass is 1050 g/mol. The van der Waals surface area contributed by atoms with Crippen molar-refractivity contribution in [2.75, 3.05) is 84.1 Å². The molecule has 3 aliphatic heterocycles. The Kier molecular flexibility index (Phi) is 17.1. The standard InChI is InChI=1S/C37H60N12O18P2Si/c1-37(2,3)70(4,5)67-28-27-21(64-34(28)49-19-42-25-30(49)45-36(40)47-32(25)52)17-62-68(53,54)65-26-20(16-61-69(55,56)66-27)63-33(48-18-41-24-29(48)44-35(39)46-31(24)51)23(26)43-22(50)6-8-57-10-12-59-14-15-60-13-11-58-9-7-38/h18-21,23,26-28,33-34H,6-17,38H2,1-5H3,(H,43,50)(H,53,54)(H,55,56)(H3,39,44,46,51)(H3,40,45,47,52)/t20-,21-,23?,26?,27?,28?,33-,34-/m1/s1. The van der Waals surface area contributed by atoms with Gasteiger partial charge in [-0.2, -0.15) is 9.97 Å². The number of hydrogen-bond acceptors (Lipinski definition) is 23. The highest BCUT2D eigenvalue weighted by molar-refractivity contribution is 7.47. The largest absolute Gasteiger partial charge is 0.472 e. The minimum Gasteiger partial charge on any atom is -0.407 e. The molecule has 30 nitrogen and oxygen atoms in total. The molecular formula is C37H60N12O18P2Si. The van der Waals surface area contributed by atoms with Crippen LogP contribution in [0.5, 0.6) is 0 Å². The number of aromatic amines is 2. The molecule has 6 unspecified atom stereocenters. The summed E-state index contributed by atoms with van der Waals surface area (Å²) in [4.78, 5) is 83.5. The second-order valence-corrected chi connectivity index (χ2v) is 25.3. The van der Waals surface area contributed by atoms with Crippen LogP contribution >= 0.6 is 15.6 Å². The Morgan fingerprint density at radius 3 is 1.76 bits per heavy atom. The number of aromatic nitrogens is 8. The Hall–Kier alpha value is -4.11. The topological polar surface area (TPSA) is 410 Å². The fraction of sp³-hybridized carbons (Fsp3) is 0.703. The van der Waals surface area contributed by atoms with Crippen molar-refractivity contribution in [1.82, 2.24) is 44.4 Å². The molecule has 3 saturated heterocycles.